The Morgan fingerprint density at radius 3 is 2.89 bits per heavy atom. The fourth-order valence-corrected chi connectivity index (χ4v) is 1.97. The van der Waals surface area contributed by atoms with Gasteiger partial charge in [-0.3, -0.25) is 5.43 Å². The molecular formula is C12H10BrN3O2S. The molecular weight excluding hydrogens is 330 g/mol. The zero-order valence-corrected chi connectivity index (χ0v) is 12.3. The molecule has 19 heavy (non-hydrogen) atoms. The average Bonchev–Trinajstić information content (AvgIpc) is 2.35. The minimum atomic E-state index is -0.458. The molecule has 3 N–H and O–H groups in total. The van der Waals surface area contributed by atoms with Gasteiger partial charge in [-0.1, -0.05) is 15.9 Å². The molecule has 98 valence electrons. The van der Waals surface area contributed by atoms with E-state index >= 15 is 0 Å². The second kappa shape index (κ2) is 5.50. The molecule has 0 fully saturated rings. The van der Waals surface area contributed by atoms with Gasteiger partial charge >= 0.3 is 5.63 Å². The first-order valence-electron chi connectivity index (χ1n) is 5.31. The molecule has 0 aliphatic rings. The summed E-state index contributed by atoms with van der Waals surface area (Å²) in [6, 6.07) is 7.10. The Kier molecular flexibility index (Phi) is 3.96. The van der Waals surface area contributed by atoms with Crippen molar-refractivity contribution in [2.45, 2.75) is 6.92 Å². The molecule has 0 bridgehead atoms. The normalized spacial score (nSPS) is 11.6. The SMILES string of the molecule is C/C(=N/NC(N)=S)c1cc2cc(Br)ccc2oc1=O. The number of halogens is 1. The van der Waals surface area contributed by atoms with Crippen molar-refractivity contribution < 1.29 is 4.42 Å². The van der Waals surface area contributed by atoms with Gasteiger partial charge in [0.1, 0.15) is 5.58 Å². The summed E-state index contributed by atoms with van der Waals surface area (Å²) in [5.41, 5.74) is 8.58. The lowest BCUT2D eigenvalue weighted by molar-refractivity contribution is 0.559. The number of thiocarbonyl (C=S) groups is 1. The number of hydrogen-bond acceptors (Lipinski definition) is 4. The van der Waals surface area contributed by atoms with E-state index in [0.717, 1.165) is 9.86 Å². The van der Waals surface area contributed by atoms with Gasteiger partial charge < -0.3 is 10.2 Å². The zero-order valence-electron chi connectivity index (χ0n) is 9.94. The maximum atomic E-state index is 11.9. The molecule has 0 unspecified atom stereocenters. The highest BCUT2D eigenvalue weighted by Crippen LogP contribution is 2.19. The van der Waals surface area contributed by atoms with Crippen molar-refractivity contribution in [1.82, 2.24) is 5.43 Å². The lowest BCUT2D eigenvalue weighted by atomic mass is 10.1. The molecule has 0 spiro atoms. The van der Waals surface area contributed by atoms with E-state index in [2.05, 4.69) is 38.7 Å². The van der Waals surface area contributed by atoms with E-state index in [1.165, 1.54) is 0 Å². The van der Waals surface area contributed by atoms with Crippen molar-refractivity contribution in [3.05, 3.63) is 44.7 Å². The van der Waals surface area contributed by atoms with Crippen LogP contribution in [0.25, 0.3) is 11.0 Å². The number of nitrogens with two attached hydrogens (primary N) is 1. The van der Waals surface area contributed by atoms with Crippen molar-refractivity contribution in [1.29, 1.82) is 0 Å². The second-order valence-electron chi connectivity index (χ2n) is 3.80. The third kappa shape index (κ3) is 3.18. The third-order valence-corrected chi connectivity index (χ3v) is 3.00. The zero-order chi connectivity index (χ0) is 14.0. The van der Waals surface area contributed by atoms with Crippen LogP contribution in [0.2, 0.25) is 0 Å². The molecule has 1 aromatic heterocycles. The Bertz CT molecular complexity index is 739. The predicted molar refractivity (Wildman–Crippen MR) is 82.3 cm³/mol. The summed E-state index contributed by atoms with van der Waals surface area (Å²) in [6.07, 6.45) is 0. The summed E-state index contributed by atoms with van der Waals surface area (Å²) >= 11 is 8.01. The second-order valence-corrected chi connectivity index (χ2v) is 5.16. The molecule has 1 heterocycles. The van der Waals surface area contributed by atoms with E-state index in [1.807, 2.05) is 6.07 Å². The summed E-state index contributed by atoms with van der Waals surface area (Å²) < 4.78 is 6.13. The van der Waals surface area contributed by atoms with Crippen molar-refractivity contribution in [3.63, 3.8) is 0 Å². The van der Waals surface area contributed by atoms with Gasteiger partial charge in [-0.15, -0.1) is 0 Å². The number of hydrogen-bond donors (Lipinski definition) is 2. The van der Waals surface area contributed by atoms with Crippen molar-refractivity contribution in [2.24, 2.45) is 10.8 Å². The van der Waals surface area contributed by atoms with Crippen LogP contribution in [0.15, 0.2) is 43.1 Å². The standard InChI is InChI=1S/C12H10BrN3O2S/c1-6(15-16-12(14)19)9-5-7-4-8(13)2-3-10(7)18-11(9)17/h2-5H,1H3,(H3,14,16,19)/b15-6-. The molecule has 7 heteroatoms. The lowest BCUT2D eigenvalue weighted by Gasteiger charge is -2.03. The third-order valence-electron chi connectivity index (χ3n) is 2.42. The highest BCUT2D eigenvalue weighted by atomic mass is 79.9. The van der Waals surface area contributed by atoms with Crippen LogP contribution >= 0.6 is 28.1 Å². The van der Waals surface area contributed by atoms with Gasteiger partial charge in [0.25, 0.3) is 0 Å². The lowest BCUT2D eigenvalue weighted by Crippen LogP contribution is -2.26. The molecule has 2 rings (SSSR count). The Morgan fingerprint density at radius 1 is 1.47 bits per heavy atom. The number of rotatable bonds is 2. The van der Waals surface area contributed by atoms with Crippen molar-refractivity contribution in [2.75, 3.05) is 0 Å². The maximum Gasteiger partial charge on any atom is 0.345 e. The first-order chi connectivity index (χ1) is 8.97. The summed E-state index contributed by atoms with van der Waals surface area (Å²) in [4.78, 5) is 11.9. The molecule has 2 aromatic rings. The van der Waals surface area contributed by atoms with E-state index in [1.54, 1.807) is 25.1 Å². The average molecular weight is 340 g/mol. The highest BCUT2D eigenvalue weighted by Gasteiger charge is 2.08. The molecule has 0 aliphatic carbocycles. The fourth-order valence-electron chi connectivity index (χ4n) is 1.55. The van der Waals surface area contributed by atoms with Crippen molar-refractivity contribution >= 4 is 49.9 Å². The number of nitrogens with one attached hydrogen (secondary N) is 1. The summed E-state index contributed by atoms with van der Waals surface area (Å²) in [6.45, 7) is 1.67. The molecule has 0 amide bonds. The molecule has 0 aliphatic heterocycles. The molecule has 1 aromatic carbocycles. The quantitative estimate of drug-likeness (QED) is 0.379. The Morgan fingerprint density at radius 2 is 2.21 bits per heavy atom. The largest absolute Gasteiger partial charge is 0.422 e. The maximum absolute atomic E-state index is 11.9. The molecule has 0 radical (unpaired) electrons. The van der Waals surface area contributed by atoms with Crippen LogP contribution in [0.5, 0.6) is 0 Å². The van der Waals surface area contributed by atoms with Crippen molar-refractivity contribution in [3.8, 4) is 0 Å². The molecule has 0 saturated carbocycles. The van der Waals surface area contributed by atoms with Gasteiger partial charge in [0.15, 0.2) is 5.11 Å². The van der Waals surface area contributed by atoms with Gasteiger partial charge in [0.05, 0.1) is 11.3 Å². The Hall–Kier alpha value is -1.73. The van der Waals surface area contributed by atoms with Crippen LogP contribution in [0.1, 0.15) is 12.5 Å². The Balaban J connectivity index is 2.54. The van der Waals surface area contributed by atoms with E-state index in [-0.39, 0.29) is 5.11 Å². The van der Waals surface area contributed by atoms with Crippen LogP contribution in [0.4, 0.5) is 0 Å². The number of nitrogens with zero attached hydrogens (tertiary/aromatic N) is 1. The van der Waals surface area contributed by atoms with E-state index in [4.69, 9.17) is 10.2 Å². The first kappa shape index (κ1) is 13.7. The minimum absolute atomic E-state index is 0.0345. The van der Waals surface area contributed by atoms with Crippen LogP contribution in [0.3, 0.4) is 0 Å². The fraction of sp³-hybridized carbons (Fsp3) is 0.0833. The van der Waals surface area contributed by atoms with Crippen LogP contribution in [-0.4, -0.2) is 10.8 Å². The van der Waals surface area contributed by atoms with Gasteiger partial charge in [-0.2, -0.15) is 5.10 Å². The minimum Gasteiger partial charge on any atom is -0.422 e. The number of hydrazone groups is 1. The first-order valence-corrected chi connectivity index (χ1v) is 6.51. The van der Waals surface area contributed by atoms with Gasteiger partial charge in [-0.25, -0.2) is 4.79 Å². The smallest absolute Gasteiger partial charge is 0.345 e. The molecule has 0 atom stereocenters. The molecule has 5 nitrogen and oxygen atoms in total. The predicted octanol–water partition coefficient (Wildman–Crippen LogP) is 2.11. The van der Waals surface area contributed by atoms with Gasteiger partial charge in [0.2, 0.25) is 0 Å². The number of fused-ring (bicyclic) bond motifs is 1. The van der Waals surface area contributed by atoms with Crippen LogP contribution in [0, 0.1) is 0 Å². The summed E-state index contributed by atoms with van der Waals surface area (Å²) in [7, 11) is 0. The summed E-state index contributed by atoms with van der Waals surface area (Å²) in [5.74, 6) is 0. The van der Waals surface area contributed by atoms with Crippen LogP contribution < -0.4 is 16.8 Å². The van der Waals surface area contributed by atoms with E-state index in [9.17, 15) is 4.79 Å². The van der Waals surface area contributed by atoms with Gasteiger partial charge in [-0.05, 0) is 43.4 Å². The molecule has 0 saturated heterocycles. The van der Waals surface area contributed by atoms with Gasteiger partial charge in [0, 0.05) is 9.86 Å². The van der Waals surface area contributed by atoms with Crippen LogP contribution in [-0.2, 0) is 0 Å². The highest BCUT2D eigenvalue weighted by molar-refractivity contribution is 9.10. The Labute approximate surface area is 122 Å². The number of benzene rings is 1. The summed E-state index contributed by atoms with van der Waals surface area (Å²) in [5, 5.41) is 4.75. The van der Waals surface area contributed by atoms with E-state index in [0.29, 0.717) is 16.9 Å². The van der Waals surface area contributed by atoms with E-state index < -0.39 is 5.63 Å². The monoisotopic (exact) mass is 339 g/mol. The topological polar surface area (TPSA) is 80.6 Å².